The summed E-state index contributed by atoms with van der Waals surface area (Å²) >= 11 is 3.36. The van der Waals surface area contributed by atoms with Gasteiger partial charge in [-0.05, 0) is 52.7 Å². The molecule has 1 unspecified atom stereocenters. The molecule has 2 N–H and O–H groups in total. The van der Waals surface area contributed by atoms with Gasteiger partial charge in [0.25, 0.3) is 0 Å². The van der Waals surface area contributed by atoms with E-state index in [0.717, 1.165) is 5.56 Å². The number of benzene rings is 2. The Morgan fingerprint density at radius 2 is 1.92 bits per heavy atom. The van der Waals surface area contributed by atoms with Gasteiger partial charge in [-0.2, -0.15) is 0 Å². The second kappa shape index (κ2) is 7.57. The van der Waals surface area contributed by atoms with E-state index in [4.69, 9.17) is 9.47 Å². The van der Waals surface area contributed by atoms with Crippen molar-refractivity contribution in [3.63, 3.8) is 0 Å². The Bertz CT molecular complexity index is 809. The van der Waals surface area contributed by atoms with E-state index >= 15 is 0 Å². The van der Waals surface area contributed by atoms with E-state index in [9.17, 15) is 9.59 Å². The van der Waals surface area contributed by atoms with E-state index in [1.54, 1.807) is 12.1 Å². The highest BCUT2D eigenvalue weighted by Crippen LogP contribution is 2.30. The van der Waals surface area contributed by atoms with Crippen molar-refractivity contribution in [3.05, 3.63) is 52.5 Å². The Morgan fingerprint density at radius 1 is 1.16 bits per heavy atom. The molecule has 25 heavy (non-hydrogen) atoms. The minimum atomic E-state index is -0.735. The molecule has 6 nitrogen and oxygen atoms in total. The lowest BCUT2D eigenvalue weighted by atomic mass is 10.2. The smallest absolute Gasteiger partial charge is 0.313 e. The fourth-order valence-corrected chi connectivity index (χ4v) is 2.94. The van der Waals surface area contributed by atoms with Crippen LogP contribution in [-0.4, -0.2) is 31.1 Å². The van der Waals surface area contributed by atoms with E-state index in [0.29, 0.717) is 28.3 Å². The molecule has 0 aromatic heterocycles. The molecule has 3 rings (SSSR count). The molecule has 1 aliphatic heterocycles. The average molecular weight is 405 g/mol. The van der Waals surface area contributed by atoms with E-state index in [2.05, 4.69) is 26.6 Å². The summed E-state index contributed by atoms with van der Waals surface area (Å²) in [6.07, 6.45) is -0.349. The molecule has 0 radical (unpaired) electrons. The van der Waals surface area contributed by atoms with E-state index in [1.165, 1.54) is 0 Å². The summed E-state index contributed by atoms with van der Waals surface area (Å²) < 4.78 is 12.0. The molecule has 1 heterocycles. The van der Waals surface area contributed by atoms with Crippen molar-refractivity contribution in [2.24, 2.45) is 0 Å². The highest BCUT2D eigenvalue weighted by molar-refractivity contribution is 9.10. The molecule has 0 saturated heterocycles. The predicted octanol–water partition coefficient (Wildman–Crippen LogP) is 2.65. The number of hydrogen-bond donors (Lipinski definition) is 2. The van der Waals surface area contributed by atoms with Gasteiger partial charge in [0.1, 0.15) is 12.7 Å². The molecule has 2 aromatic carbocycles. The monoisotopic (exact) mass is 404 g/mol. The third kappa shape index (κ3) is 4.30. The number of fused-ring (bicyclic) bond motifs is 1. The number of amides is 2. The summed E-state index contributed by atoms with van der Waals surface area (Å²) in [6, 6.07) is 12.8. The van der Waals surface area contributed by atoms with Crippen LogP contribution < -0.4 is 20.1 Å². The van der Waals surface area contributed by atoms with Crippen LogP contribution in [0.5, 0.6) is 11.5 Å². The average Bonchev–Trinajstić information content (AvgIpc) is 2.61. The Balaban J connectivity index is 1.52. The fraction of sp³-hybridized carbons (Fsp3) is 0.222. The summed E-state index contributed by atoms with van der Waals surface area (Å²) in [5.74, 6) is -0.162. The van der Waals surface area contributed by atoms with Gasteiger partial charge in [-0.3, -0.25) is 9.59 Å². The first-order valence-corrected chi connectivity index (χ1v) is 8.56. The van der Waals surface area contributed by atoms with E-state index in [1.807, 2.05) is 37.3 Å². The minimum absolute atomic E-state index is 0.176. The first kappa shape index (κ1) is 17.3. The van der Waals surface area contributed by atoms with Crippen molar-refractivity contribution in [1.82, 2.24) is 5.32 Å². The van der Waals surface area contributed by atoms with Crippen LogP contribution in [0.15, 0.2) is 46.9 Å². The van der Waals surface area contributed by atoms with Crippen molar-refractivity contribution in [2.45, 2.75) is 13.0 Å². The number of ether oxygens (including phenoxy) is 2. The fourth-order valence-electron chi connectivity index (χ4n) is 2.35. The number of aryl methyl sites for hydroxylation is 1. The maximum Gasteiger partial charge on any atom is 0.313 e. The minimum Gasteiger partial charge on any atom is -0.486 e. The maximum absolute atomic E-state index is 12.0. The molecular formula is C18H17BrN2O4. The Morgan fingerprint density at radius 3 is 2.68 bits per heavy atom. The lowest BCUT2D eigenvalue weighted by molar-refractivity contribution is -0.136. The zero-order valence-corrected chi connectivity index (χ0v) is 15.1. The van der Waals surface area contributed by atoms with Gasteiger partial charge < -0.3 is 20.1 Å². The van der Waals surface area contributed by atoms with Gasteiger partial charge in [-0.25, -0.2) is 0 Å². The maximum atomic E-state index is 12.0. The molecule has 7 heteroatoms. The van der Waals surface area contributed by atoms with Crippen LogP contribution in [0, 0.1) is 6.92 Å². The number of carbonyl (C=O) groups excluding carboxylic acids is 2. The molecule has 1 atom stereocenters. The number of para-hydroxylation sites is 2. The largest absolute Gasteiger partial charge is 0.486 e. The highest BCUT2D eigenvalue weighted by atomic mass is 79.9. The van der Waals surface area contributed by atoms with Gasteiger partial charge in [0.15, 0.2) is 11.5 Å². The Kier molecular flexibility index (Phi) is 5.23. The van der Waals surface area contributed by atoms with Gasteiger partial charge in [0.2, 0.25) is 0 Å². The van der Waals surface area contributed by atoms with Crippen molar-refractivity contribution < 1.29 is 19.1 Å². The standard InChI is InChI=1S/C18H17BrN2O4/c1-11-6-7-14(13(19)8-11)21-18(23)17(22)20-9-12-10-24-15-4-2-3-5-16(15)25-12/h2-8,12H,9-10H2,1H3,(H,20,22)(H,21,23). The van der Waals surface area contributed by atoms with Crippen LogP contribution >= 0.6 is 15.9 Å². The van der Waals surface area contributed by atoms with E-state index in [-0.39, 0.29) is 12.6 Å². The summed E-state index contributed by atoms with van der Waals surface area (Å²) in [7, 11) is 0. The van der Waals surface area contributed by atoms with Crippen LogP contribution in [-0.2, 0) is 9.59 Å². The quantitative estimate of drug-likeness (QED) is 0.770. The Hall–Kier alpha value is -2.54. The van der Waals surface area contributed by atoms with Crippen LogP contribution in [0.25, 0.3) is 0 Å². The van der Waals surface area contributed by atoms with Crippen molar-refractivity contribution in [2.75, 3.05) is 18.5 Å². The summed E-state index contributed by atoms with van der Waals surface area (Å²) in [6.45, 7) is 2.42. The molecule has 0 bridgehead atoms. The molecule has 0 fully saturated rings. The zero-order valence-electron chi connectivity index (χ0n) is 13.5. The molecule has 0 saturated carbocycles. The highest BCUT2D eigenvalue weighted by Gasteiger charge is 2.22. The topological polar surface area (TPSA) is 76.7 Å². The zero-order chi connectivity index (χ0) is 17.8. The number of hydrogen-bond acceptors (Lipinski definition) is 4. The molecule has 1 aliphatic rings. The molecule has 0 spiro atoms. The van der Waals surface area contributed by atoms with Gasteiger partial charge in [-0.1, -0.05) is 18.2 Å². The molecule has 130 valence electrons. The van der Waals surface area contributed by atoms with Crippen molar-refractivity contribution >= 4 is 33.4 Å². The first-order chi connectivity index (χ1) is 12.0. The van der Waals surface area contributed by atoms with Gasteiger partial charge in [-0.15, -0.1) is 0 Å². The van der Waals surface area contributed by atoms with Crippen LogP contribution in [0.1, 0.15) is 5.56 Å². The molecule has 2 amide bonds. The Labute approximate surface area is 153 Å². The SMILES string of the molecule is Cc1ccc(NC(=O)C(=O)NCC2COc3ccccc3O2)c(Br)c1. The van der Waals surface area contributed by atoms with Gasteiger partial charge >= 0.3 is 11.8 Å². The number of halogens is 1. The van der Waals surface area contributed by atoms with Crippen molar-refractivity contribution in [3.8, 4) is 11.5 Å². The van der Waals surface area contributed by atoms with Crippen LogP contribution in [0.4, 0.5) is 5.69 Å². The summed E-state index contributed by atoms with van der Waals surface area (Å²) in [5, 5.41) is 5.13. The second-order valence-electron chi connectivity index (χ2n) is 5.65. The van der Waals surface area contributed by atoms with Crippen LogP contribution in [0.3, 0.4) is 0 Å². The third-order valence-corrected chi connectivity index (χ3v) is 4.29. The normalized spacial score (nSPS) is 15.4. The lowest BCUT2D eigenvalue weighted by Crippen LogP contribution is -2.44. The van der Waals surface area contributed by atoms with Crippen LogP contribution in [0.2, 0.25) is 0 Å². The number of rotatable bonds is 3. The second-order valence-corrected chi connectivity index (χ2v) is 6.50. The number of anilines is 1. The number of carbonyl (C=O) groups is 2. The summed E-state index contributed by atoms with van der Waals surface area (Å²) in [5.41, 5.74) is 1.58. The van der Waals surface area contributed by atoms with Crippen molar-refractivity contribution in [1.29, 1.82) is 0 Å². The lowest BCUT2D eigenvalue weighted by Gasteiger charge is -2.26. The third-order valence-electron chi connectivity index (χ3n) is 3.64. The van der Waals surface area contributed by atoms with Gasteiger partial charge in [0.05, 0.1) is 12.2 Å². The molecular weight excluding hydrogens is 388 g/mol. The predicted molar refractivity (Wildman–Crippen MR) is 96.9 cm³/mol. The summed E-state index contributed by atoms with van der Waals surface area (Å²) in [4.78, 5) is 24.0. The molecule has 2 aromatic rings. The molecule has 0 aliphatic carbocycles. The first-order valence-electron chi connectivity index (χ1n) is 7.77. The number of nitrogens with one attached hydrogen (secondary N) is 2. The van der Waals surface area contributed by atoms with E-state index < -0.39 is 11.8 Å². The van der Waals surface area contributed by atoms with Gasteiger partial charge in [0, 0.05) is 4.47 Å².